The molecule has 1 amide bonds. The number of hydrogen-bond acceptors (Lipinski definition) is 8. The summed E-state index contributed by atoms with van der Waals surface area (Å²) in [6.07, 6.45) is 1.57. The van der Waals surface area contributed by atoms with Crippen LogP contribution in [0, 0.1) is 12.3 Å². The first kappa shape index (κ1) is 22.7. The highest BCUT2D eigenvalue weighted by Gasteiger charge is 2.58. The Morgan fingerprint density at radius 1 is 1.11 bits per heavy atom. The van der Waals surface area contributed by atoms with E-state index >= 15 is 0 Å². The Bertz CT molecular complexity index is 1180. The number of benzene rings is 1. The molecule has 6 rings (SSSR count). The van der Waals surface area contributed by atoms with Crippen molar-refractivity contribution in [3.05, 3.63) is 45.7 Å². The van der Waals surface area contributed by atoms with Crippen LogP contribution in [0.3, 0.4) is 0 Å². The summed E-state index contributed by atoms with van der Waals surface area (Å²) in [5.41, 5.74) is 3.98. The Kier molecular flexibility index (Phi) is 5.11. The van der Waals surface area contributed by atoms with Crippen LogP contribution in [0.4, 0.5) is 0 Å². The van der Waals surface area contributed by atoms with Gasteiger partial charge in [-0.15, -0.1) is 0 Å². The van der Waals surface area contributed by atoms with Crippen LogP contribution in [-0.4, -0.2) is 83.1 Å². The second kappa shape index (κ2) is 7.88. The number of aliphatic hydroxyl groups is 1. The van der Waals surface area contributed by atoms with Crippen molar-refractivity contribution >= 4 is 17.8 Å². The number of fused-ring (bicyclic) bond motifs is 3. The van der Waals surface area contributed by atoms with E-state index in [4.69, 9.17) is 9.47 Å². The number of hydrogen-bond donors (Lipinski definition) is 1. The molecule has 4 atom stereocenters. The second-order valence-corrected chi connectivity index (χ2v) is 10.7. The van der Waals surface area contributed by atoms with Crippen molar-refractivity contribution in [1.29, 1.82) is 0 Å². The lowest BCUT2D eigenvalue weighted by molar-refractivity contribution is -0.140. The van der Waals surface area contributed by atoms with Crippen LogP contribution < -0.4 is 0 Å². The van der Waals surface area contributed by atoms with E-state index in [1.54, 1.807) is 17.9 Å². The van der Waals surface area contributed by atoms with Crippen molar-refractivity contribution in [2.75, 3.05) is 33.3 Å². The Labute approximate surface area is 204 Å². The molecule has 3 saturated heterocycles. The molecule has 3 fully saturated rings. The van der Waals surface area contributed by atoms with E-state index < -0.39 is 11.5 Å². The standard InChI is InChI=1S/C26H31N3O6/c1-14-17(4-5-18-19(14)12-34-24(18)32)21(30)11-29-16-8-26(9-22(29)27(3)10-16)6-7-28(25(26)33)20-13-35-23(31)15(20)2/h4-5,16,21-22,30H,6-13H2,1-3H3/t16-,21+,22-,26-/m1/s1. The lowest BCUT2D eigenvalue weighted by atomic mass is 9.74. The first-order valence-corrected chi connectivity index (χ1v) is 12.3. The quantitative estimate of drug-likeness (QED) is 0.646. The molecule has 5 aliphatic heterocycles. The van der Waals surface area contributed by atoms with Gasteiger partial charge in [0.05, 0.1) is 34.5 Å². The number of esters is 2. The van der Waals surface area contributed by atoms with E-state index in [-0.39, 0.29) is 43.3 Å². The summed E-state index contributed by atoms with van der Waals surface area (Å²) in [7, 11) is 2.08. The molecule has 9 heteroatoms. The van der Waals surface area contributed by atoms with Crippen molar-refractivity contribution in [1.82, 2.24) is 14.7 Å². The van der Waals surface area contributed by atoms with Crippen molar-refractivity contribution in [2.24, 2.45) is 5.41 Å². The molecule has 1 aromatic rings. The van der Waals surface area contributed by atoms with Gasteiger partial charge >= 0.3 is 11.9 Å². The minimum Gasteiger partial charge on any atom is -0.457 e. The van der Waals surface area contributed by atoms with E-state index in [2.05, 4.69) is 16.8 Å². The fourth-order valence-electron chi connectivity index (χ4n) is 6.90. The molecular weight excluding hydrogens is 450 g/mol. The monoisotopic (exact) mass is 481 g/mol. The Hall–Kier alpha value is -2.75. The van der Waals surface area contributed by atoms with E-state index in [9.17, 15) is 19.5 Å². The normalized spacial score (nSPS) is 31.5. The third-order valence-electron chi connectivity index (χ3n) is 8.93. The van der Waals surface area contributed by atoms with Gasteiger partial charge in [0.1, 0.15) is 13.2 Å². The first-order valence-electron chi connectivity index (χ1n) is 12.3. The molecule has 1 spiro atoms. The second-order valence-electron chi connectivity index (χ2n) is 10.7. The molecule has 5 aliphatic rings. The molecule has 5 heterocycles. The molecule has 2 bridgehead atoms. The summed E-state index contributed by atoms with van der Waals surface area (Å²) in [6, 6.07) is 3.75. The highest BCUT2D eigenvalue weighted by molar-refractivity contribution is 5.94. The molecule has 0 saturated carbocycles. The summed E-state index contributed by atoms with van der Waals surface area (Å²) in [6.45, 7) is 6.03. The van der Waals surface area contributed by atoms with Gasteiger partial charge in [-0.2, -0.15) is 0 Å². The summed E-state index contributed by atoms with van der Waals surface area (Å²) in [5.74, 6) is -0.537. The topological polar surface area (TPSA) is 99.6 Å². The maximum atomic E-state index is 13.7. The summed E-state index contributed by atoms with van der Waals surface area (Å²) < 4.78 is 10.3. The predicted octanol–water partition coefficient (Wildman–Crippen LogP) is 1.48. The minimum atomic E-state index is -0.702. The highest BCUT2D eigenvalue weighted by atomic mass is 16.5. The number of amides is 1. The number of aliphatic hydroxyl groups excluding tert-OH is 1. The maximum Gasteiger partial charge on any atom is 0.338 e. The fraction of sp³-hybridized carbons (Fsp3) is 0.577. The molecule has 0 radical (unpaired) electrons. The molecule has 1 aromatic carbocycles. The zero-order valence-electron chi connectivity index (χ0n) is 20.4. The number of likely N-dealkylation sites (tertiary alicyclic amines) is 2. The smallest absolute Gasteiger partial charge is 0.338 e. The maximum absolute atomic E-state index is 13.7. The lowest BCUT2D eigenvalue weighted by Crippen LogP contribution is -2.53. The molecule has 9 nitrogen and oxygen atoms in total. The van der Waals surface area contributed by atoms with Gasteiger partial charge in [0, 0.05) is 31.2 Å². The number of ether oxygens (including phenoxy) is 2. The minimum absolute atomic E-state index is 0.0588. The number of carbonyl (C=O) groups is 3. The van der Waals surface area contributed by atoms with Crippen LogP contribution in [0.2, 0.25) is 0 Å². The molecule has 0 aromatic heterocycles. The largest absolute Gasteiger partial charge is 0.457 e. The Balaban J connectivity index is 1.21. The Morgan fingerprint density at radius 3 is 2.60 bits per heavy atom. The van der Waals surface area contributed by atoms with Crippen LogP contribution in [0.5, 0.6) is 0 Å². The number of likely N-dealkylation sites (N-methyl/N-ethyl adjacent to an activating group) is 1. The average Bonchev–Trinajstić information content (AvgIpc) is 3.50. The number of cyclic esters (lactones) is 2. The van der Waals surface area contributed by atoms with E-state index in [1.807, 2.05) is 13.0 Å². The number of carbonyl (C=O) groups excluding carboxylic acids is 3. The van der Waals surface area contributed by atoms with Crippen LogP contribution in [0.1, 0.15) is 59.3 Å². The van der Waals surface area contributed by atoms with Crippen molar-refractivity contribution in [3.63, 3.8) is 0 Å². The Morgan fingerprint density at radius 2 is 1.89 bits per heavy atom. The molecule has 1 N–H and O–H groups in total. The predicted molar refractivity (Wildman–Crippen MR) is 124 cm³/mol. The van der Waals surface area contributed by atoms with Crippen molar-refractivity contribution < 1.29 is 29.0 Å². The first-order chi connectivity index (χ1) is 16.7. The van der Waals surface area contributed by atoms with Gasteiger partial charge in [0.15, 0.2) is 0 Å². The van der Waals surface area contributed by atoms with Crippen LogP contribution >= 0.6 is 0 Å². The summed E-state index contributed by atoms with van der Waals surface area (Å²) in [4.78, 5) is 43.8. The van der Waals surface area contributed by atoms with Gasteiger partial charge in [-0.25, -0.2) is 9.59 Å². The van der Waals surface area contributed by atoms with Crippen molar-refractivity contribution in [2.45, 2.75) is 58.0 Å². The van der Waals surface area contributed by atoms with Crippen LogP contribution in [0.25, 0.3) is 0 Å². The zero-order chi connectivity index (χ0) is 24.6. The molecule has 186 valence electrons. The van der Waals surface area contributed by atoms with Gasteiger partial charge in [-0.3, -0.25) is 14.6 Å². The van der Waals surface area contributed by atoms with Gasteiger partial charge in [0.25, 0.3) is 0 Å². The molecule has 0 aliphatic carbocycles. The van der Waals surface area contributed by atoms with Crippen molar-refractivity contribution in [3.8, 4) is 0 Å². The lowest BCUT2D eigenvalue weighted by Gasteiger charge is -2.44. The SMILES string of the molecule is CC1=C(N2CC[C@]3(C[C@@H]4CN(C)[C@@H](C3)N4C[C@H](O)c3ccc4c(c3C)COC4=O)C2=O)COC1=O. The van der Waals surface area contributed by atoms with Crippen LogP contribution in [-0.2, 0) is 25.7 Å². The van der Waals surface area contributed by atoms with Gasteiger partial charge < -0.3 is 19.5 Å². The number of nitrogens with zero attached hydrogens (tertiary/aromatic N) is 3. The van der Waals surface area contributed by atoms with E-state index in [0.29, 0.717) is 36.3 Å². The number of rotatable bonds is 4. The molecule has 0 unspecified atom stereocenters. The highest BCUT2D eigenvalue weighted by Crippen LogP contribution is 2.50. The van der Waals surface area contributed by atoms with Crippen LogP contribution in [0.15, 0.2) is 23.4 Å². The summed E-state index contributed by atoms with van der Waals surface area (Å²) in [5, 5.41) is 11.2. The molecular formula is C26H31N3O6. The third kappa shape index (κ3) is 3.28. The third-order valence-corrected chi connectivity index (χ3v) is 8.93. The number of piperidine rings is 1. The van der Waals surface area contributed by atoms with Gasteiger partial charge in [-0.05, 0) is 57.4 Å². The molecule has 35 heavy (non-hydrogen) atoms. The zero-order valence-corrected chi connectivity index (χ0v) is 20.4. The van der Waals surface area contributed by atoms with Gasteiger partial charge in [-0.1, -0.05) is 6.07 Å². The summed E-state index contributed by atoms with van der Waals surface area (Å²) >= 11 is 0. The van der Waals surface area contributed by atoms with E-state index in [0.717, 1.165) is 36.1 Å². The average molecular weight is 482 g/mol. The fourth-order valence-corrected chi connectivity index (χ4v) is 6.90. The van der Waals surface area contributed by atoms with Gasteiger partial charge in [0.2, 0.25) is 5.91 Å². The van der Waals surface area contributed by atoms with E-state index in [1.165, 1.54) is 0 Å².